The molecule has 0 saturated carbocycles. The quantitative estimate of drug-likeness (QED) is 0.748. The average Bonchev–Trinajstić information content (AvgIpc) is 2.69. The van der Waals surface area contributed by atoms with E-state index in [-0.39, 0.29) is 5.78 Å². The molecule has 0 aromatic heterocycles. The Kier molecular flexibility index (Phi) is 5.02. The van der Waals surface area contributed by atoms with Crippen molar-refractivity contribution in [3.8, 4) is 0 Å². The van der Waals surface area contributed by atoms with Gasteiger partial charge in [-0.3, -0.25) is 19.3 Å². The third kappa shape index (κ3) is 3.98. The number of urea groups is 1. The molecule has 24 heavy (non-hydrogen) atoms. The van der Waals surface area contributed by atoms with Crippen molar-refractivity contribution in [1.29, 1.82) is 0 Å². The third-order valence-corrected chi connectivity index (χ3v) is 3.85. The number of ketones is 1. The van der Waals surface area contributed by atoms with Gasteiger partial charge in [-0.15, -0.1) is 0 Å². The van der Waals surface area contributed by atoms with Crippen LogP contribution in [0.1, 0.15) is 26.3 Å². The monoisotopic (exact) mass is 331 g/mol. The van der Waals surface area contributed by atoms with Gasteiger partial charge >= 0.3 is 6.03 Å². The van der Waals surface area contributed by atoms with E-state index in [4.69, 9.17) is 0 Å². The molecule has 1 fully saturated rings. The number of amides is 4. The maximum atomic E-state index is 12.2. The molecular formula is C17H21N3O4. The zero-order chi connectivity index (χ0) is 17.9. The molecule has 0 bridgehead atoms. The Labute approximate surface area is 140 Å². The number of rotatable bonds is 6. The predicted octanol–water partition coefficient (Wildman–Crippen LogP) is 0.633. The molecule has 1 heterocycles. The van der Waals surface area contributed by atoms with E-state index < -0.39 is 36.0 Å². The first-order valence-electron chi connectivity index (χ1n) is 7.68. The van der Waals surface area contributed by atoms with Crippen LogP contribution in [-0.2, 0) is 20.8 Å². The summed E-state index contributed by atoms with van der Waals surface area (Å²) in [5.41, 5.74) is -0.115. The van der Waals surface area contributed by atoms with Crippen LogP contribution in [0.3, 0.4) is 0 Å². The van der Waals surface area contributed by atoms with Crippen LogP contribution in [0, 0.1) is 0 Å². The topological polar surface area (TPSA) is 95.6 Å². The molecule has 0 unspecified atom stereocenters. The lowest BCUT2D eigenvalue weighted by molar-refractivity contribution is -0.134. The number of nitrogens with zero attached hydrogens (tertiary/aromatic N) is 1. The van der Waals surface area contributed by atoms with Crippen molar-refractivity contribution in [3.05, 3.63) is 35.9 Å². The Morgan fingerprint density at radius 3 is 2.33 bits per heavy atom. The molecule has 2 N–H and O–H groups in total. The smallest absolute Gasteiger partial charge is 0.325 e. The standard InChI is InChI=1S/C17H21N3O4/c1-11(21)13(9-12-7-5-4-6-8-12)18-14(22)10-20-15(23)17(2,3)19-16(20)24/h4-8,13H,9-10H2,1-3H3,(H,18,22)(H,19,24)/t13-/m0/s1. The van der Waals surface area contributed by atoms with Crippen molar-refractivity contribution >= 4 is 23.6 Å². The molecular weight excluding hydrogens is 310 g/mol. The normalized spacial score (nSPS) is 17.4. The van der Waals surface area contributed by atoms with E-state index in [1.54, 1.807) is 13.8 Å². The van der Waals surface area contributed by atoms with Gasteiger partial charge in [0.2, 0.25) is 5.91 Å². The molecule has 1 aromatic carbocycles. The summed E-state index contributed by atoms with van der Waals surface area (Å²) >= 11 is 0. The zero-order valence-electron chi connectivity index (χ0n) is 14.0. The van der Waals surface area contributed by atoms with Crippen LogP contribution in [0.4, 0.5) is 4.79 Å². The lowest BCUT2D eigenvalue weighted by Crippen LogP contribution is -2.48. The molecule has 0 spiro atoms. The molecule has 128 valence electrons. The van der Waals surface area contributed by atoms with Crippen LogP contribution >= 0.6 is 0 Å². The summed E-state index contributed by atoms with van der Waals surface area (Å²) in [6.45, 7) is 4.12. The minimum atomic E-state index is -1.03. The fourth-order valence-electron chi connectivity index (χ4n) is 2.49. The number of carbonyl (C=O) groups excluding carboxylic acids is 4. The Morgan fingerprint density at radius 2 is 1.83 bits per heavy atom. The molecule has 0 radical (unpaired) electrons. The summed E-state index contributed by atoms with van der Waals surface area (Å²) in [5, 5.41) is 5.10. The van der Waals surface area contributed by atoms with Crippen molar-refractivity contribution in [3.63, 3.8) is 0 Å². The van der Waals surface area contributed by atoms with Gasteiger partial charge in [-0.2, -0.15) is 0 Å². The molecule has 1 atom stereocenters. The number of Topliss-reactive ketones (excluding diaryl/α,β-unsaturated/α-hetero) is 1. The van der Waals surface area contributed by atoms with Crippen molar-refractivity contribution in [1.82, 2.24) is 15.5 Å². The van der Waals surface area contributed by atoms with Crippen LogP contribution in [0.2, 0.25) is 0 Å². The number of imide groups is 1. The average molecular weight is 331 g/mol. The third-order valence-electron chi connectivity index (χ3n) is 3.85. The first kappa shape index (κ1) is 17.7. The molecule has 7 heteroatoms. The lowest BCUT2D eigenvalue weighted by atomic mass is 10.0. The second-order valence-electron chi connectivity index (χ2n) is 6.37. The highest BCUT2D eigenvalue weighted by molar-refractivity contribution is 6.08. The Balaban J connectivity index is 2.00. The molecule has 0 aliphatic carbocycles. The summed E-state index contributed by atoms with van der Waals surface area (Å²) in [6.07, 6.45) is 0.355. The van der Waals surface area contributed by atoms with Gasteiger partial charge in [-0.25, -0.2) is 4.79 Å². The second-order valence-corrected chi connectivity index (χ2v) is 6.37. The number of benzene rings is 1. The van der Waals surface area contributed by atoms with Crippen molar-refractivity contribution in [2.75, 3.05) is 6.54 Å². The number of carbonyl (C=O) groups is 4. The van der Waals surface area contributed by atoms with Gasteiger partial charge in [0.25, 0.3) is 5.91 Å². The van der Waals surface area contributed by atoms with E-state index in [2.05, 4.69) is 10.6 Å². The highest BCUT2D eigenvalue weighted by Gasteiger charge is 2.44. The molecule has 2 rings (SSSR count). The molecule has 1 aromatic rings. The first-order chi connectivity index (χ1) is 11.2. The molecule has 7 nitrogen and oxygen atoms in total. The minimum absolute atomic E-state index is 0.190. The SMILES string of the molecule is CC(=O)[C@H](Cc1ccccc1)NC(=O)CN1C(=O)NC(C)(C)C1=O. The fraction of sp³-hybridized carbons (Fsp3) is 0.412. The van der Waals surface area contributed by atoms with E-state index >= 15 is 0 Å². The maximum Gasteiger partial charge on any atom is 0.325 e. The van der Waals surface area contributed by atoms with Gasteiger partial charge in [0.15, 0.2) is 5.78 Å². The van der Waals surface area contributed by atoms with Crippen LogP contribution < -0.4 is 10.6 Å². The van der Waals surface area contributed by atoms with Gasteiger partial charge in [-0.1, -0.05) is 30.3 Å². The Bertz CT molecular complexity index is 670. The summed E-state index contributed by atoms with van der Waals surface area (Å²) in [6, 6.07) is 7.98. The van der Waals surface area contributed by atoms with Gasteiger partial charge in [0, 0.05) is 0 Å². The summed E-state index contributed by atoms with van der Waals surface area (Å²) < 4.78 is 0. The first-order valence-corrected chi connectivity index (χ1v) is 7.68. The largest absolute Gasteiger partial charge is 0.344 e. The fourth-order valence-corrected chi connectivity index (χ4v) is 2.49. The highest BCUT2D eigenvalue weighted by Crippen LogP contribution is 2.16. The van der Waals surface area contributed by atoms with Crippen molar-refractivity contribution in [2.24, 2.45) is 0 Å². The number of nitrogens with one attached hydrogen (secondary N) is 2. The van der Waals surface area contributed by atoms with Gasteiger partial charge in [-0.05, 0) is 32.8 Å². The van der Waals surface area contributed by atoms with Gasteiger partial charge in [0.05, 0.1) is 6.04 Å². The van der Waals surface area contributed by atoms with Crippen molar-refractivity contribution < 1.29 is 19.2 Å². The van der Waals surface area contributed by atoms with Gasteiger partial charge in [0.1, 0.15) is 12.1 Å². The summed E-state index contributed by atoms with van der Waals surface area (Å²) in [7, 11) is 0. The van der Waals surface area contributed by atoms with Crippen LogP contribution in [0.5, 0.6) is 0 Å². The minimum Gasteiger partial charge on any atom is -0.344 e. The van der Waals surface area contributed by atoms with E-state index in [9.17, 15) is 19.2 Å². The molecule has 4 amide bonds. The van der Waals surface area contributed by atoms with Crippen LogP contribution in [-0.4, -0.2) is 46.7 Å². The molecule has 1 aliphatic rings. The van der Waals surface area contributed by atoms with Crippen molar-refractivity contribution in [2.45, 2.75) is 38.8 Å². The predicted molar refractivity (Wildman–Crippen MR) is 87.1 cm³/mol. The van der Waals surface area contributed by atoms with E-state index in [1.807, 2.05) is 30.3 Å². The number of hydrogen-bond acceptors (Lipinski definition) is 4. The van der Waals surface area contributed by atoms with E-state index in [1.165, 1.54) is 6.92 Å². The highest BCUT2D eigenvalue weighted by atomic mass is 16.2. The maximum absolute atomic E-state index is 12.2. The van der Waals surface area contributed by atoms with Crippen LogP contribution in [0.15, 0.2) is 30.3 Å². The Hall–Kier alpha value is -2.70. The van der Waals surface area contributed by atoms with E-state index in [0.29, 0.717) is 6.42 Å². The van der Waals surface area contributed by atoms with Crippen LogP contribution in [0.25, 0.3) is 0 Å². The van der Waals surface area contributed by atoms with E-state index in [0.717, 1.165) is 10.5 Å². The second kappa shape index (κ2) is 6.82. The summed E-state index contributed by atoms with van der Waals surface area (Å²) in [5.74, 6) is -1.21. The zero-order valence-corrected chi connectivity index (χ0v) is 14.0. The Morgan fingerprint density at radius 1 is 1.21 bits per heavy atom. The van der Waals surface area contributed by atoms with Gasteiger partial charge < -0.3 is 10.6 Å². The molecule has 1 aliphatic heterocycles. The molecule has 1 saturated heterocycles. The summed E-state index contributed by atoms with van der Waals surface area (Å²) in [4.78, 5) is 48.7. The lowest BCUT2D eigenvalue weighted by Gasteiger charge is -2.19. The number of hydrogen-bond donors (Lipinski definition) is 2.